The average Bonchev–Trinajstić information content (AvgIpc) is 3.19. The maximum atomic E-state index is 13.1. The highest BCUT2D eigenvalue weighted by Crippen LogP contribution is 2.40. The zero-order chi connectivity index (χ0) is 19.7. The number of esters is 1. The first kappa shape index (κ1) is 19.1. The van der Waals surface area contributed by atoms with Gasteiger partial charge in [-0.15, -0.1) is 0 Å². The fourth-order valence-corrected chi connectivity index (χ4v) is 3.42. The van der Waals surface area contributed by atoms with Crippen LogP contribution in [0.1, 0.15) is 46.5 Å². The molecule has 8 nitrogen and oxygen atoms in total. The predicted molar refractivity (Wildman–Crippen MR) is 99.0 cm³/mol. The summed E-state index contributed by atoms with van der Waals surface area (Å²) < 4.78 is 6.94. The molecule has 0 radical (unpaired) electrons. The van der Waals surface area contributed by atoms with Gasteiger partial charge in [0, 0.05) is 37.1 Å². The number of aryl methyl sites for hydroxylation is 3. The molecule has 2 heterocycles. The third kappa shape index (κ3) is 4.04. The Morgan fingerprint density at radius 1 is 1.37 bits per heavy atom. The van der Waals surface area contributed by atoms with Crippen molar-refractivity contribution >= 4 is 11.9 Å². The van der Waals surface area contributed by atoms with Crippen molar-refractivity contribution < 1.29 is 14.3 Å². The SMILES string of the molecule is CCOC(=O)[C@H]1C[C@@H]1CN(Cc1c(C)nn(C)c1C)C(=O)c1cc(C)[nH]n1. The summed E-state index contributed by atoms with van der Waals surface area (Å²) >= 11 is 0. The minimum Gasteiger partial charge on any atom is -0.466 e. The molecule has 2 atom stereocenters. The predicted octanol–water partition coefficient (Wildman–Crippen LogP) is 1.91. The van der Waals surface area contributed by atoms with Gasteiger partial charge >= 0.3 is 5.97 Å². The molecule has 1 saturated carbocycles. The second-order valence-corrected chi connectivity index (χ2v) is 7.25. The summed E-state index contributed by atoms with van der Waals surface area (Å²) in [5, 5.41) is 11.4. The van der Waals surface area contributed by atoms with Gasteiger partial charge in [0.25, 0.3) is 5.91 Å². The molecule has 3 rings (SSSR count). The molecule has 8 heteroatoms. The van der Waals surface area contributed by atoms with Gasteiger partial charge in [0.15, 0.2) is 0 Å². The van der Waals surface area contributed by atoms with Gasteiger partial charge in [0.05, 0.1) is 18.2 Å². The molecular formula is C19H27N5O3. The summed E-state index contributed by atoms with van der Waals surface area (Å²) in [6.45, 7) is 8.94. The first-order valence-electron chi connectivity index (χ1n) is 9.28. The molecule has 1 aliphatic carbocycles. The second kappa shape index (κ2) is 7.54. The normalized spacial score (nSPS) is 18.4. The Morgan fingerprint density at radius 2 is 2.11 bits per heavy atom. The number of nitrogens with zero attached hydrogens (tertiary/aromatic N) is 4. The van der Waals surface area contributed by atoms with Gasteiger partial charge in [0.2, 0.25) is 0 Å². The molecule has 0 saturated heterocycles. The van der Waals surface area contributed by atoms with Crippen LogP contribution in [-0.2, 0) is 23.1 Å². The van der Waals surface area contributed by atoms with Crippen LogP contribution in [0, 0.1) is 32.6 Å². The molecule has 1 aliphatic rings. The van der Waals surface area contributed by atoms with E-state index in [0.29, 0.717) is 25.4 Å². The summed E-state index contributed by atoms with van der Waals surface area (Å²) in [6, 6.07) is 1.74. The monoisotopic (exact) mass is 373 g/mol. The first-order valence-corrected chi connectivity index (χ1v) is 9.28. The number of H-pyrrole nitrogens is 1. The summed E-state index contributed by atoms with van der Waals surface area (Å²) in [5.41, 5.74) is 4.19. The topological polar surface area (TPSA) is 93.1 Å². The molecule has 0 aromatic carbocycles. The molecule has 1 amide bonds. The summed E-state index contributed by atoms with van der Waals surface area (Å²) in [6.07, 6.45) is 0.757. The van der Waals surface area contributed by atoms with Crippen molar-refractivity contribution in [1.29, 1.82) is 0 Å². The average molecular weight is 373 g/mol. The molecule has 0 spiro atoms. The molecule has 1 N–H and O–H groups in total. The van der Waals surface area contributed by atoms with Gasteiger partial charge in [-0.05, 0) is 46.1 Å². The van der Waals surface area contributed by atoms with Gasteiger partial charge in [-0.25, -0.2) is 0 Å². The largest absolute Gasteiger partial charge is 0.466 e. The van der Waals surface area contributed by atoms with Crippen molar-refractivity contribution in [2.45, 2.75) is 40.7 Å². The first-order chi connectivity index (χ1) is 12.8. The van der Waals surface area contributed by atoms with Crippen LogP contribution in [0.3, 0.4) is 0 Å². The number of aromatic amines is 1. The summed E-state index contributed by atoms with van der Waals surface area (Å²) in [5.74, 6) is -0.293. The Balaban J connectivity index is 1.79. The third-order valence-electron chi connectivity index (χ3n) is 5.19. The zero-order valence-corrected chi connectivity index (χ0v) is 16.6. The Hall–Kier alpha value is -2.64. The Morgan fingerprint density at radius 3 is 2.67 bits per heavy atom. The molecule has 27 heavy (non-hydrogen) atoms. The lowest BCUT2D eigenvalue weighted by Gasteiger charge is -2.22. The van der Waals surface area contributed by atoms with Crippen LogP contribution < -0.4 is 0 Å². The van der Waals surface area contributed by atoms with Crippen LogP contribution >= 0.6 is 0 Å². The fraction of sp³-hybridized carbons (Fsp3) is 0.579. The van der Waals surface area contributed by atoms with Crippen LogP contribution in [0.5, 0.6) is 0 Å². The number of carbonyl (C=O) groups excluding carboxylic acids is 2. The molecule has 146 valence electrons. The number of hydrogen-bond acceptors (Lipinski definition) is 5. The van der Waals surface area contributed by atoms with Crippen LogP contribution in [0.25, 0.3) is 0 Å². The quantitative estimate of drug-likeness (QED) is 0.749. The van der Waals surface area contributed by atoms with Crippen molar-refractivity contribution in [3.63, 3.8) is 0 Å². The molecule has 2 aromatic heterocycles. The number of carbonyl (C=O) groups is 2. The number of rotatable bonds is 7. The van der Waals surface area contributed by atoms with Crippen molar-refractivity contribution in [2.24, 2.45) is 18.9 Å². The van der Waals surface area contributed by atoms with E-state index in [2.05, 4.69) is 15.3 Å². The van der Waals surface area contributed by atoms with Gasteiger partial charge in [0.1, 0.15) is 5.69 Å². The van der Waals surface area contributed by atoms with Gasteiger partial charge in [-0.2, -0.15) is 10.2 Å². The number of nitrogens with one attached hydrogen (secondary N) is 1. The van der Waals surface area contributed by atoms with Gasteiger partial charge in [-0.3, -0.25) is 19.4 Å². The Labute approximate surface area is 158 Å². The summed E-state index contributed by atoms with van der Waals surface area (Å²) in [4.78, 5) is 26.8. The maximum Gasteiger partial charge on any atom is 0.309 e. The number of amides is 1. The lowest BCUT2D eigenvalue weighted by molar-refractivity contribution is -0.145. The van der Waals surface area contributed by atoms with E-state index in [4.69, 9.17) is 4.74 Å². The van der Waals surface area contributed by atoms with Crippen LogP contribution in [-0.4, -0.2) is 49.9 Å². The lowest BCUT2D eigenvalue weighted by atomic mass is 10.1. The van der Waals surface area contributed by atoms with E-state index >= 15 is 0 Å². The highest BCUT2D eigenvalue weighted by atomic mass is 16.5. The molecule has 0 bridgehead atoms. The van der Waals surface area contributed by atoms with Crippen LogP contribution in [0.4, 0.5) is 0 Å². The number of aromatic nitrogens is 4. The van der Waals surface area contributed by atoms with Gasteiger partial charge < -0.3 is 9.64 Å². The Kier molecular flexibility index (Phi) is 5.34. The minimum absolute atomic E-state index is 0.114. The molecule has 2 aromatic rings. The zero-order valence-electron chi connectivity index (χ0n) is 16.6. The standard InChI is InChI=1S/C19H27N5O3/c1-6-27-19(26)15-8-14(15)9-24(18(25)17-7-11(2)20-21-17)10-16-12(3)22-23(5)13(16)4/h7,14-15H,6,8-10H2,1-5H3,(H,20,21)/t14-,15+/m1/s1. The van der Waals surface area contributed by atoms with E-state index in [1.165, 1.54) is 0 Å². The van der Waals surface area contributed by atoms with Crippen molar-refractivity contribution in [3.8, 4) is 0 Å². The molecular weight excluding hydrogens is 346 g/mol. The number of hydrogen-bond donors (Lipinski definition) is 1. The van der Waals surface area contributed by atoms with Crippen LogP contribution in [0.2, 0.25) is 0 Å². The highest BCUT2D eigenvalue weighted by molar-refractivity contribution is 5.92. The minimum atomic E-state index is -0.167. The maximum absolute atomic E-state index is 13.1. The highest BCUT2D eigenvalue weighted by Gasteiger charge is 2.45. The molecule has 0 unspecified atom stereocenters. The van der Waals surface area contributed by atoms with E-state index in [1.807, 2.05) is 32.5 Å². The van der Waals surface area contributed by atoms with Crippen molar-refractivity contribution in [2.75, 3.05) is 13.2 Å². The number of ether oxygens (including phenoxy) is 1. The van der Waals surface area contributed by atoms with E-state index in [0.717, 1.165) is 29.1 Å². The van der Waals surface area contributed by atoms with Gasteiger partial charge in [-0.1, -0.05) is 0 Å². The second-order valence-electron chi connectivity index (χ2n) is 7.25. The Bertz CT molecular complexity index is 854. The van der Waals surface area contributed by atoms with Crippen LogP contribution in [0.15, 0.2) is 6.07 Å². The van der Waals surface area contributed by atoms with E-state index in [1.54, 1.807) is 17.9 Å². The molecule has 0 aliphatic heterocycles. The van der Waals surface area contributed by atoms with E-state index in [-0.39, 0.29) is 23.7 Å². The van der Waals surface area contributed by atoms with E-state index < -0.39 is 0 Å². The lowest BCUT2D eigenvalue weighted by Crippen LogP contribution is -2.33. The fourth-order valence-electron chi connectivity index (χ4n) is 3.42. The van der Waals surface area contributed by atoms with Crippen molar-refractivity contribution in [3.05, 3.63) is 34.4 Å². The smallest absolute Gasteiger partial charge is 0.309 e. The summed E-state index contributed by atoms with van der Waals surface area (Å²) in [7, 11) is 1.90. The molecule has 1 fully saturated rings. The van der Waals surface area contributed by atoms with Crippen molar-refractivity contribution in [1.82, 2.24) is 24.9 Å². The van der Waals surface area contributed by atoms with E-state index in [9.17, 15) is 9.59 Å². The third-order valence-corrected chi connectivity index (χ3v) is 5.19.